The smallest absolute Gasteiger partial charge is 0.277 e. The van der Waals surface area contributed by atoms with Gasteiger partial charge in [0.15, 0.2) is 11.3 Å². The highest BCUT2D eigenvalue weighted by Gasteiger charge is 2.19. The van der Waals surface area contributed by atoms with E-state index in [4.69, 9.17) is 0 Å². The molecule has 1 aromatic carbocycles. The molecular weight excluding hydrogens is 403 g/mol. The maximum absolute atomic E-state index is 13.7. The van der Waals surface area contributed by atoms with Gasteiger partial charge in [-0.05, 0) is 28.1 Å². The number of benzene rings is 1. The monoisotopic (exact) mass is 414 g/mol. The van der Waals surface area contributed by atoms with Crippen molar-refractivity contribution in [2.24, 2.45) is 0 Å². The van der Waals surface area contributed by atoms with Gasteiger partial charge in [0, 0.05) is 24.2 Å². The second kappa shape index (κ2) is 6.68. The molecule has 0 aliphatic carbocycles. The predicted octanol–water partition coefficient (Wildman–Crippen LogP) is 3.13. The fourth-order valence-electron chi connectivity index (χ4n) is 2.51. The first-order chi connectivity index (χ1) is 12.6. The third-order valence-electron chi connectivity index (χ3n) is 3.74. The molecule has 3 aromatic heterocycles. The summed E-state index contributed by atoms with van der Waals surface area (Å²) in [6.07, 6.45) is 6.46. The summed E-state index contributed by atoms with van der Waals surface area (Å²) < 4.78 is 17.3. The number of rotatable bonds is 4. The van der Waals surface area contributed by atoms with Gasteiger partial charge < -0.3 is 5.32 Å². The highest BCUT2D eigenvalue weighted by molar-refractivity contribution is 9.10. The van der Waals surface area contributed by atoms with Crippen molar-refractivity contribution in [1.82, 2.24) is 24.4 Å². The number of anilines is 1. The molecule has 3 heterocycles. The van der Waals surface area contributed by atoms with Crippen LogP contribution in [0.2, 0.25) is 0 Å². The maximum Gasteiger partial charge on any atom is 0.277 e. The number of nitrogens with zero attached hydrogens (tertiary/aromatic N) is 5. The van der Waals surface area contributed by atoms with Crippen molar-refractivity contribution in [3.8, 4) is 0 Å². The summed E-state index contributed by atoms with van der Waals surface area (Å²) >= 11 is 3.35. The van der Waals surface area contributed by atoms with E-state index < -0.39 is 5.91 Å². The lowest BCUT2D eigenvalue weighted by Gasteiger charge is -2.03. The van der Waals surface area contributed by atoms with Crippen molar-refractivity contribution in [3.05, 3.63) is 76.7 Å². The van der Waals surface area contributed by atoms with Gasteiger partial charge in [-0.3, -0.25) is 9.48 Å². The normalized spacial score (nSPS) is 11.0. The quantitative estimate of drug-likeness (QED) is 0.556. The zero-order valence-electron chi connectivity index (χ0n) is 13.3. The van der Waals surface area contributed by atoms with E-state index in [9.17, 15) is 9.18 Å². The lowest BCUT2D eigenvalue weighted by Crippen LogP contribution is -2.13. The van der Waals surface area contributed by atoms with E-state index >= 15 is 0 Å². The second-order valence-electron chi connectivity index (χ2n) is 5.52. The van der Waals surface area contributed by atoms with Crippen LogP contribution in [0.1, 0.15) is 16.1 Å². The molecule has 26 heavy (non-hydrogen) atoms. The van der Waals surface area contributed by atoms with Crippen molar-refractivity contribution in [3.63, 3.8) is 0 Å². The zero-order chi connectivity index (χ0) is 18.1. The Labute approximate surface area is 155 Å². The van der Waals surface area contributed by atoms with Gasteiger partial charge in [0.2, 0.25) is 0 Å². The van der Waals surface area contributed by atoms with Crippen LogP contribution in [0.15, 0.2) is 59.6 Å². The van der Waals surface area contributed by atoms with Gasteiger partial charge in [0.1, 0.15) is 5.82 Å². The molecule has 0 bridgehead atoms. The van der Waals surface area contributed by atoms with Gasteiger partial charge in [-0.1, -0.05) is 18.2 Å². The van der Waals surface area contributed by atoms with E-state index in [0.29, 0.717) is 21.4 Å². The van der Waals surface area contributed by atoms with Crippen LogP contribution in [-0.2, 0) is 6.54 Å². The molecular formula is C17H12BrFN6O. The Morgan fingerprint density at radius 1 is 1.27 bits per heavy atom. The van der Waals surface area contributed by atoms with Gasteiger partial charge >= 0.3 is 0 Å². The molecule has 0 radical (unpaired) electrons. The Kier molecular flexibility index (Phi) is 4.21. The molecule has 9 heteroatoms. The van der Waals surface area contributed by atoms with Crippen LogP contribution >= 0.6 is 15.9 Å². The fourth-order valence-corrected chi connectivity index (χ4v) is 3.05. The molecule has 0 fully saturated rings. The van der Waals surface area contributed by atoms with Crippen LogP contribution in [-0.4, -0.2) is 30.3 Å². The Balaban J connectivity index is 1.52. The number of carbonyl (C=O) groups is 1. The zero-order valence-corrected chi connectivity index (χ0v) is 14.9. The minimum absolute atomic E-state index is 0.213. The highest BCUT2D eigenvalue weighted by Crippen LogP contribution is 2.21. The van der Waals surface area contributed by atoms with Crippen LogP contribution in [0.3, 0.4) is 0 Å². The first kappa shape index (κ1) is 16.4. The fraction of sp³-hybridized carbons (Fsp3) is 0.0588. The molecule has 0 unspecified atom stereocenters. The lowest BCUT2D eigenvalue weighted by atomic mass is 10.2. The molecule has 0 atom stereocenters. The number of fused-ring (bicyclic) bond motifs is 1. The van der Waals surface area contributed by atoms with Crippen molar-refractivity contribution >= 4 is 33.2 Å². The maximum atomic E-state index is 13.7. The molecule has 4 rings (SSSR count). The Hall–Kier alpha value is -3.07. The van der Waals surface area contributed by atoms with Crippen LogP contribution < -0.4 is 5.32 Å². The molecule has 0 saturated heterocycles. The van der Waals surface area contributed by atoms with Crippen molar-refractivity contribution < 1.29 is 9.18 Å². The SMILES string of the molecule is O=C(Nc1cnn(Cc2ccccc2F)c1)c1nn2cccnc2c1Br. The highest BCUT2D eigenvalue weighted by atomic mass is 79.9. The van der Waals surface area contributed by atoms with Crippen LogP contribution in [0.25, 0.3) is 5.65 Å². The number of aromatic nitrogens is 5. The standard InChI is InChI=1S/C17H12BrFN6O/c18-14-15(23-25-7-3-6-20-16(14)25)17(26)22-12-8-21-24(10-12)9-11-4-1-2-5-13(11)19/h1-8,10H,9H2,(H,22,26). The average Bonchev–Trinajstić information content (AvgIpc) is 3.22. The average molecular weight is 415 g/mol. The van der Waals surface area contributed by atoms with Gasteiger partial charge in [-0.25, -0.2) is 13.9 Å². The summed E-state index contributed by atoms with van der Waals surface area (Å²) in [7, 11) is 0. The lowest BCUT2D eigenvalue weighted by molar-refractivity contribution is 0.102. The summed E-state index contributed by atoms with van der Waals surface area (Å²) in [5, 5.41) is 11.1. The Morgan fingerprint density at radius 2 is 2.12 bits per heavy atom. The van der Waals surface area contributed by atoms with E-state index in [1.165, 1.54) is 16.8 Å². The largest absolute Gasteiger partial charge is 0.318 e. The molecule has 4 aromatic rings. The predicted molar refractivity (Wildman–Crippen MR) is 96.4 cm³/mol. The van der Waals surface area contributed by atoms with E-state index in [1.54, 1.807) is 47.5 Å². The summed E-state index contributed by atoms with van der Waals surface area (Å²) in [6, 6.07) is 8.21. The van der Waals surface area contributed by atoms with Gasteiger partial charge in [-0.15, -0.1) is 0 Å². The van der Waals surface area contributed by atoms with E-state index in [0.717, 1.165) is 0 Å². The molecule has 0 aliphatic heterocycles. The van der Waals surface area contributed by atoms with E-state index in [1.807, 2.05) is 0 Å². The third kappa shape index (κ3) is 3.08. The minimum Gasteiger partial charge on any atom is -0.318 e. The van der Waals surface area contributed by atoms with E-state index in [-0.39, 0.29) is 18.1 Å². The number of nitrogens with one attached hydrogen (secondary N) is 1. The summed E-state index contributed by atoms with van der Waals surface area (Å²) in [5.74, 6) is -0.692. The van der Waals surface area contributed by atoms with Gasteiger partial charge in [0.25, 0.3) is 5.91 Å². The molecule has 7 nitrogen and oxygen atoms in total. The van der Waals surface area contributed by atoms with Crippen LogP contribution in [0.4, 0.5) is 10.1 Å². The molecule has 130 valence electrons. The molecule has 0 saturated carbocycles. The number of halogens is 2. The summed E-state index contributed by atoms with van der Waals surface area (Å²) in [4.78, 5) is 16.7. The molecule has 1 N–H and O–H groups in total. The topological polar surface area (TPSA) is 77.1 Å². The summed E-state index contributed by atoms with van der Waals surface area (Å²) in [6.45, 7) is 0.268. The second-order valence-corrected chi connectivity index (χ2v) is 6.32. The van der Waals surface area contributed by atoms with Crippen molar-refractivity contribution in [1.29, 1.82) is 0 Å². The van der Waals surface area contributed by atoms with Gasteiger partial charge in [0.05, 0.1) is 22.9 Å². The third-order valence-corrected chi connectivity index (χ3v) is 4.47. The molecule has 0 spiro atoms. The Morgan fingerprint density at radius 3 is 2.92 bits per heavy atom. The molecule has 0 aliphatic rings. The van der Waals surface area contributed by atoms with Crippen molar-refractivity contribution in [2.75, 3.05) is 5.32 Å². The first-order valence-electron chi connectivity index (χ1n) is 7.68. The van der Waals surface area contributed by atoms with Crippen LogP contribution in [0, 0.1) is 5.82 Å². The Bertz CT molecular complexity index is 1110. The first-order valence-corrected chi connectivity index (χ1v) is 8.47. The minimum atomic E-state index is -0.396. The van der Waals surface area contributed by atoms with E-state index in [2.05, 4.69) is 36.4 Å². The number of hydrogen-bond donors (Lipinski definition) is 1. The number of hydrogen-bond acceptors (Lipinski definition) is 4. The number of amides is 1. The number of carbonyl (C=O) groups excluding carboxylic acids is 1. The van der Waals surface area contributed by atoms with Gasteiger partial charge in [-0.2, -0.15) is 10.2 Å². The van der Waals surface area contributed by atoms with Crippen LogP contribution in [0.5, 0.6) is 0 Å². The summed E-state index contributed by atoms with van der Waals surface area (Å²) in [5.41, 5.74) is 1.77. The molecule has 1 amide bonds. The van der Waals surface area contributed by atoms with Crippen molar-refractivity contribution in [2.45, 2.75) is 6.54 Å².